The lowest BCUT2D eigenvalue weighted by atomic mass is 9.77. The third kappa shape index (κ3) is 5.12. The van der Waals surface area contributed by atoms with Crippen LogP contribution in [-0.2, 0) is 17.9 Å². The van der Waals surface area contributed by atoms with Gasteiger partial charge in [-0.05, 0) is 35.2 Å². The molecular formula is C40H32B2N2O4+2. The molecule has 0 bridgehead atoms. The first-order valence-corrected chi connectivity index (χ1v) is 16.1. The zero-order valence-corrected chi connectivity index (χ0v) is 26.2. The second kappa shape index (κ2) is 12.7. The number of aromatic nitrogens is 2. The van der Waals surface area contributed by atoms with Gasteiger partial charge >= 0.3 is 14.6 Å². The summed E-state index contributed by atoms with van der Waals surface area (Å²) in [5.41, 5.74) is 9.98. The Morgan fingerprint density at radius 1 is 0.479 bits per heavy atom. The van der Waals surface area contributed by atoms with Crippen LogP contribution < -0.4 is 20.1 Å². The molecule has 3 N–H and O–H groups in total. The van der Waals surface area contributed by atoms with Crippen molar-refractivity contribution in [3.63, 3.8) is 0 Å². The summed E-state index contributed by atoms with van der Waals surface area (Å²) in [7, 11) is -1.44. The van der Waals surface area contributed by atoms with E-state index >= 15 is 0 Å². The molecule has 2 aromatic heterocycles. The van der Waals surface area contributed by atoms with Gasteiger partial charge in [0.05, 0.1) is 21.5 Å². The highest BCUT2D eigenvalue weighted by atomic mass is 17.1. The van der Waals surface area contributed by atoms with Gasteiger partial charge < -0.3 is 14.9 Å². The van der Waals surface area contributed by atoms with Crippen LogP contribution in [0.4, 0.5) is 0 Å². The molecule has 0 saturated heterocycles. The topological polar surface area (TPSA) is 77.7 Å². The van der Waals surface area contributed by atoms with Gasteiger partial charge in [-0.15, -0.1) is 0 Å². The summed E-state index contributed by atoms with van der Waals surface area (Å²) >= 11 is 0. The van der Waals surface area contributed by atoms with Crippen molar-refractivity contribution in [3.05, 3.63) is 157 Å². The molecule has 230 valence electrons. The van der Waals surface area contributed by atoms with E-state index < -0.39 is 7.12 Å². The highest BCUT2D eigenvalue weighted by Gasteiger charge is 2.28. The summed E-state index contributed by atoms with van der Waals surface area (Å²) in [4.78, 5) is 4.57. The molecule has 0 radical (unpaired) electrons. The van der Waals surface area contributed by atoms with Gasteiger partial charge in [-0.1, -0.05) is 97.1 Å². The Morgan fingerprint density at radius 2 is 0.854 bits per heavy atom. The molecule has 8 heteroatoms. The van der Waals surface area contributed by atoms with Crippen LogP contribution in [0.15, 0.2) is 146 Å². The third-order valence-corrected chi connectivity index (χ3v) is 9.44. The van der Waals surface area contributed by atoms with Crippen LogP contribution in [0.2, 0.25) is 0 Å². The van der Waals surface area contributed by atoms with Gasteiger partial charge in [0.1, 0.15) is 0 Å². The second-order valence-corrected chi connectivity index (χ2v) is 12.1. The fourth-order valence-corrected chi connectivity index (χ4v) is 7.30. The van der Waals surface area contributed by atoms with Crippen LogP contribution in [0.3, 0.4) is 0 Å². The molecule has 8 rings (SSSR count). The van der Waals surface area contributed by atoms with Crippen molar-refractivity contribution >= 4 is 69.1 Å². The summed E-state index contributed by atoms with van der Waals surface area (Å²) < 4.78 is 4.64. The zero-order valence-electron chi connectivity index (χ0n) is 26.2. The van der Waals surface area contributed by atoms with Crippen molar-refractivity contribution in [1.82, 2.24) is 0 Å². The predicted molar refractivity (Wildman–Crippen MR) is 194 cm³/mol. The van der Waals surface area contributed by atoms with Crippen LogP contribution in [0, 0.1) is 0 Å². The molecule has 0 spiro atoms. The summed E-state index contributed by atoms with van der Waals surface area (Å²) in [5, 5.41) is 34.2. The maximum Gasteiger partial charge on any atom is 0.488 e. The smallest absolute Gasteiger partial charge is 0.423 e. The number of benzene rings is 6. The van der Waals surface area contributed by atoms with Gasteiger partial charge in [-0.3, -0.25) is 5.26 Å². The largest absolute Gasteiger partial charge is 0.488 e. The van der Waals surface area contributed by atoms with Gasteiger partial charge in [0, 0.05) is 46.5 Å². The van der Waals surface area contributed by atoms with Crippen molar-refractivity contribution in [2.75, 3.05) is 0 Å². The van der Waals surface area contributed by atoms with Crippen molar-refractivity contribution in [3.8, 4) is 11.1 Å². The van der Waals surface area contributed by atoms with Crippen LogP contribution >= 0.6 is 0 Å². The molecule has 0 fully saturated rings. The third-order valence-electron chi connectivity index (χ3n) is 9.44. The molecule has 0 aliphatic rings. The fraction of sp³-hybridized carbons (Fsp3) is 0.0500. The Labute approximate surface area is 278 Å². The minimum absolute atomic E-state index is 0.119. The molecule has 2 heterocycles. The molecule has 48 heavy (non-hydrogen) atoms. The normalized spacial score (nSPS) is 11.5. The molecule has 6 aromatic carbocycles. The van der Waals surface area contributed by atoms with E-state index in [0.717, 1.165) is 71.3 Å². The number of rotatable bonds is 8. The SMILES string of the molecule is OOBc1ccccc1C[n+]1c2ccccc2c(-c2c3ccccc3[n+](Cc3ccccc3B(O)O)c3ccccc23)c2ccccc21. The average Bonchev–Trinajstić information content (AvgIpc) is 3.13. The van der Waals surface area contributed by atoms with E-state index in [0.29, 0.717) is 18.6 Å². The first kappa shape index (κ1) is 30.0. The Hall–Kier alpha value is -5.37. The highest BCUT2D eigenvalue weighted by Crippen LogP contribution is 2.41. The van der Waals surface area contributed by atoms with Crippen molar-refractivity contribution in [2.24, 2.45) is 0 Å². The van der Waals surface area contributed by atoms with Crippen LogP contribution in [0.25, 0.3) is 54.7 Å². The maximum absolute atomic E-state index is 10.2. The second-order valence-electron chi connectivity index (χ2n) is 12.1. The molecule has 0 aliphatic heterocycles. The van der Waals surface area contributed by atoms with Crippen molar-refractivity contribution in [1.29, 1.82) is 0 Å². The molecule has 0 saturated carbocycles. The molecule has 0 amide bonds. The predicted octanol–water partition coefficient (Wildman–Crippen LogP) is 4.78. The van der Waals surface area contributed by atoms with Crippen LogP contribution in [-0.4, -0.2) is 29.9 Å². The summed E-state index contributed by atoms with van der Waals surface area (Å²) in [5.74, 6) is 0. The van der Waals surface area contributed by atoms with E-state index in [1.165, 1.54) is 0 Å². The minimum atomic E-state index is -1.56. The number of hydrogen-bond donors (Lipinski definition) is 3. The zero-order chi connectivity index (χ0) is 32.6. The van der Waals surface area contributed by atoms with E-state index in [-0.39, 0.29) is 7.48 Å². The average molecular weight is 626 g/mol. The number of pyridine rings is 2. The van der Waals surface area contributed by atoms with Gasteiger partial charge in [-0.25, -0.2) is 0 Å². The molecule has 0 unspecified atom stereocenters. The fourth-order valence-electron chi connectivity index (χ4n) is 7.30. The van der Waals surface area contributed by atoms with E-state index in [9.17, 15) is 15.3 Å². The van der Waals surface area contributed by atoms with Crippen molar-refractivity contribution in [2.45, 2.75) is 13.1 Å². The number of fused-ring (bicyclic) bond motifs is 4. The quantitative estimate of drug-likeness (QED) is 0.0747. The summed E-state index contributed by atoms with van der Waals surface area (Å²) in [6.45, 7) is 1.08. The van der Waals surface area contributed by atoms with E-state index in [1.54, 1.807) is 6.07 Å². The Balaban J connectivity index is 1.45. The lowest BCUT2D eigenvalue weighted by molar-refractivity contribution is -0.636. The number of nitrogens with zero attached hydrogens (tertiary/aromatic N) is 2. The monoisotopic (exact) mass is 626 g/mol. The van der Waals surface area contributed by atoms with E-state index in [2.05, 4.69) is 117 Å². The van der Waals surface area contributed by atoms with E-state index in [1.807, 2.05) is 36.4 Å². The van der Waals surface area contributed by atoms with E-state index in [4.69, 9.17) is 0 Å². The number of para-hydroxylation sites is 4. The minimum Gasteiger partial charge on any atom is -0.423 e. The van der Waals surface area contributed by atoms with Gasteiger partial charge in [-0.2, -0.15) is 9.13 Å². The van der Waals surface area contributed by atoms with Gasteiger partial charge in [0.25, 0.3) is 0 Å². The molecule has 0 atom stereocenters. The molecule has 8 aromatic rings. The van der Waals surface area contributed by atoms with Crippen molar-refractivity contribution < 1.29 is 29.2 Å². The standard InChI is InChI=1S/C40H31B2N2O4/c45-42(46)34-20-8-2-14-28(34)26-44-37-23-11-5-17-31(37)40(32-18-6-12-24-38(32)44)39-29-15-3-9-21-35(29)43(36-22-10-4-16-30(36)39)25-27-13-1-7-19-33(27)41-48-47/h1-24,41,45-46H,25-26H2/q+1/p+1. The summed E-state index contributed by atoms with van der Waals surface area (Å²) in [6, 6.07) is 49.7. The first-order chi connectivity index (χ1) is 23.6. The lowest BCUT2D eigenvalue weighted by Crippen LogP contribution is -2.42. The van der Waals surface area contributed by atoms with Crippen LogP contribution in [0.1, 0.15) is 11.1 Å². The maximum atomic E-state index is 10.2. The van der Waals surface area contributed by atoms with Crippen LogP contribution in [0.5, 0.6) is 0 Å². The summed E-state index contributed by atoms with van der Waals surface area (Å²) in [6.07, 6.45) is 0. The van der Waals surface area contributed by atoms with Gasteiger partial charge in [0.2, 0.25) is 22.1 Å². The molecule has 0 aliphatic carbocycles. The number of hydrogen-bond acceptors (Lipinski definition) is 4. The first-order valence-electron chi connectivity index (χ1n) is 16.1. The molecular weight excluding hydrogens is 594 g/mol. The Morgan fingerprint density at radius 3 is 1.31 bits per heavy atom. The Kier molecular flexibility index (Phi) is 7.92. The van der Waals surface area contributed by atoms with Gasteiger partial charge in [0.15, 0.2) is 13.1 Å². The molecule has 6 nitrogen and oxygen atoms in total. The highest BCUT2D eigenvalue weighted by molar-refractivity contribution is 6.59. The lowest BCUT2D eigenvalue weighted by Gasteiger charge is -2.17. The Bertz CT molecular complexity index is 2370.